The number of carbonyl (C=O) groups excluding carboxylic acids is 1. The third-order valence-corrected chi connectivity index (χ3v) is 3.15. The zero-order valence-electron chi connectivity index (χ0n) is 11.7. The fourth-order valence-corrected chi connectivity index (χ4v) is 2.02. The lowest BCUT2D eigenvalue weighted by atomic mass is 10.0. The molecule has 0 spiro atoms. The van der Waals surface area contributed by atoms with Crippen molar-refractivity contribution in [3.63, 3.8) is 0 Å². The monoisotopic (exact) mass is 272 g/mol. The zero-order valence-corrected chi connectivity index (χ0v) is 11.7. The zero-order chi connectivity index (χ0) is 14.5. The van der Waals surface area contributed by atoms with Gasteiger partial charge in [-0.3, -0.25) is 4.79 Å². The first-order valence-corrected chi connectivity index (χ1v) is 6.62. The number of halogens is 1. The molecule has 0 aliphatic heterocycles. The molecule has 0 saturated carbocycles. The number of aryl methyl sites for hydroxylation is 1. The topological polar surface area (TPSA) is 26.3 Å². The maximum atomic E-state index is 13.8. The first-order chi connectivity index (χ1) is 9.61. The predicted molar refractivity (Wildman–Crippen MR) is 76.6 cm³/mol. The van der Waals surface area contributed by atoms with Crippen LogP contribution in [0.5, 0.6) is 5.75 Å². The van der Waals surface area contributed by atoms with Gasteiger partial charge in [-0.25, -0.2) is 4.39 Å². The quantitative estimate of drug-likeness (QED) is 0.764. The molecule has 0 atom stereocenters. The van der Waals surface area contributed by atoms with Crippen molar-refractivity contribution in [1.29, 1.82) is 0 Å². The van der Waals surface area contributed by atoms with Gasteiger partial charge in [-0.05, 0) is 30.5 Å². The summed E-state index contributed by atoms with van der Waals surface area (Å²) in [4.78, 5) is 11.3. The minimum Gasteiger partial charge on any atom is -0.489 e. The minimum atomic E-state index is -0.530. The largest absolute Gasteiger partial charge is 0.489 e. The Morgan fingerprint density at radius 1 is 1.20 bits per heavy atom. The third-order valence-electron chi connectivity index (χ3n) is 3.15. The van der Waals surface area contributed by atoms with Gasteiger partial charge in [0.1, 0.15) is 18.2 Å². The molecule has 3 heteroatoms. The summed E-state index contributed by atoms with van der Waals surface area (Å²) in [5.74, 6) is -0.302. The van der Waals surface area contributed by atoms with Crippen molar-refractivity contribution in [3.05, 3.63) is 65.0 Å². The molecule has 0 heterocycles. The average molecular weight is 272 g/mol. The van der Waals surface area contributed by atoms with E-state index in [9.17, 15) is 9.18 Å². The van der Waals surface area contributed by atoms with Crippen LogP contribution >= 0.6 is 0 Å². The van der Waals surface area contributed by atoms with Gasteiger partial charge >= 0.3 is 0 Å². The summed E-state index contributed by atoms with van der Waals surface area (Å²) in [5.41, 5.74) is 1.98. The molecule has 0 unspecified atom stereocenters. The molecule has 0 fully saturated rings. The van der Waals surface area contributed by atoms with E-state index in [-0.39, 0.29) is 11.3 Å². The lowest BCUT2D eigenvalue weighted by Gasteiger charge is -2.12. The lowest BCUT2D eigenvalue weighted by molar-refractivity contribution is 0.101. The molecule has 2 aromatic carbocycles. The van der Waals surface area contributed by atoms with Gasteiger partial charge in [0, 0.05) is 6.07 Å². The SMILES string of the molecule is CCc1cc(C(C)=O)c(F)cc1OCc1ccccc1. The van der Waals surface area contributed by atoms with Crippen molar-refractivity contribution >= 4 is 5.78 Å². The van der Waals surface area contributed by atoms with Crippen LogP contribution in [0.2, 0.25) is 0 Å². The Balaban J connectivity index is 2.23. The van der Waals surface area contributed by atoms with E-state index >= 15 is 0 Å². The highest BCUT2D eigenvalue weighted by molar-refractivity contribution is 5.94. The van der Waals surface area contributed by atoms with E-state index in [1.54, 1.807) is 6.07 Å². The highest BCUT2D eigenvalue weighted by Crippen LogP contribution is 2.25. The maximum absolute atomic E-state index is 13.8. The summed E-state index contributed by atoms with van der Waals surface area (Å²) in [6.45, 7) is 3.70. The summed E-state index contributed by atoms with van der Waals surface area (Å²) in [6, 6.07) is 12.6. The molecule has 0 saturated heterocycles. The van der Waals surface area contributed by atoms with E-state index in [2.05, 4.69) is 0 Å². The van der Waals surface area contributed by atoms with Crippen LogP contribution in [0.15, 0.2) is 42.5 Å². The Kier molecular flexibility index (Phi) is 4.51. The number of rotatable bonds is 5. The van der Waals surface area contributed by atoms with E-state index in [0.717, 1.165) is 11.1 Å². The highest BCUT2D eigenvalue weighted by Gasteiger charge is 2.13. The fourth-order valence-electron chi connectivity index (χ4n) is 2.02. The second-order valence-electron chi connectivity index (χ2n) is 4.62. The van der Waals surface area contributed by atoms with E-state index in [0.29, 0.717) is 18.8 Å². The van der Waals surface area contributed by atoms with Crippen LogP contribution in [-0.4, -0.2) is 5.78 Å². The van der Waals surface area contributed by atoms with Crippen LogP contribution in [-0.2, 0) is 13.0 Å². The van der Waals surface area contributed by atoms with Crippen molar-refractivity contribution in [1.82, 2.24) is 0 Å². The summed E-state index contributed by atoms with van der Waals surface area (Å²) < 4.78 is 19.5. The number of benzene rings is 2. The van der Waals surface area contributed by atoms with Gasteiger partial charge in [-0.2, -0.15) is 0 Å². The van der Waals surface area contributed by atoms with Crippen LogP contribution < -0.4 is 4.74 Å². The third kappa shape index (κ3) is 3.23. The van der Waals surface area contributed by atoms with Crippen LogP contribution in [0.3, 0.4) is 0 Å². The van der Waals surface area contributed by atoms with Crippen molar-refractivity contribution in [2.75, 3.05) is 0 Å². The molecule has 2 aromatic rings. The number of Topliss-reactive ketones (excluding diaryl/α,β-unsaturated/α-hetero) is 1. The minimum absolute atomic E-state index is 0.119. The van der Waals surface area contributed by atoms with Gasteiger partial charge in [0.25, 0.3) is 0 Å². The smallest absolute Gasteiger partial charge is 0.162 e. The molecule has 0 bridgehead atoms. The van der Waals surface area contributed by atoms with E-state index < -0.39 is 5.82 Å². The summed E-state index contributed by atoms with van der Waals surface area (Å²) >= 11 is 0. The molecule has 2 rings (SSSR count). The van der Waals surface area contributed by atoms with E-state index in [1.165, 1.54) is 13.0 Å². The lowest BCUT2D eigenvalue weighted by Crippen LogP contribution is -2.03. The van der Waals surface area contributed by atoms with Crippen LogP contribution in [0.1, 0.15) is 35.3 Å². The second kappa shape index (κ2) is 6.33. The molecular formula is C17H17FO2. The fraction of sp³-hybridized carbons (Fsp3) is 0.235. The Bertz CT molecular complexity index is 606. The molecule has 2 nitrogen and oxygen atoms in total. The molecule has 104 valence electrons. The Morgan fingerprint density at radius 2 is 1.90 bits per heavy atom. The standard InChI is InChI=1S/C17H17FO2/c1-3-14-9-15(12(2)19)16(18)10-17(14)20-11-13-7-5-4-6-8-13/h4-10H,3,11H2,1-2H3. The van der Waals surface area contributed by atoms with E-state index in [1.807, 2.05) is 37.3 Å². The summed E-state index contributed by atoms with van der Waals surface area (Å²) in [5, 5.41) is 0. The molecule has 0 aliphatic rings. The maximum Gasteiger partial charge on any atom is 0.162 e. The van der Waals surface area contributed by atoms with Gasteiger partial charge in [-0.15, -0.1) is 0 Å². The molecule has 0 radical (unpaired) electrons. The average Bonchev–Trinajstić information content (AvgIpc) is 2.46. The van der Waals surface area contributed by atoms with Gasteiger partial charge in [0.2, 0.25) is 0 Å². The Labute approximate surface area is 118 Å². The second-order valence-corrected chi connectivity index (χ2v) is 4.62. The molecular weight excluding hydrogens is 255 g/mol. The summed E-state index contributed by atoms with van der Waals surface area (Å²) in [7, 11) is 0. The summed E-state index contributed by atoms with van der Waals surface area (Å²) in [6.07, 6.45) is 0.685. The molecule has 20 heavy (non-hydrogen) atoms. The van der Waals surface area contributed by atoms with Gasteiger partial charge in [-0.1, -0.05) is 37.3 Å². The van der Waals surface area contributed by atoms with Gasteiger partial charge in [0.05, 0.1) is 5.56 Å². The van der Waals surface area contributed by atoms with Gasteiger partial charge in [0.15, 0.2) is 5.78 Å². The Morgan fingerprint density at radius 3 is 2.50 bits per heavy atom. The van der Waals surface area contributed by atoms with Crippen LogP contribution in [0, 0.1) is 5.82 Å². The highest BCUT2D eigenvalue weighted by atomic mass is 19.1. The van der Waals surface area contributed by atoms with Crippen LogP contribution in [0.4, 0.5) is 4.39 Å². The number of hydrogen-bond acceptors (Lipinski definition) is 2. The predicted octanol–water partition coefficient (Wildman–Crippen LogP) is 4.17. The molecule has 0 amide bonds. The number of ether oxygens (including phenoxy) is 1. The van der Waals surface area contributed by atoms with Crippen molar-refractivity contribution in [2.24, 2.45) is 0 Å². The van der Waals surface area contributed by atoms with Crippen molar-refractivity contribution in [2.45, 2.75) is 26.9 Å². The number of ketones is 1. The first kappa shape index (κ1) is 14.3. The Hall–Kier alpha value is -2.16. The molecule has 0 N–H and O–H groups in total. The normalized spacial score (nSPS) is 10.3. The molecule has 0 aliphatic carbocycles. The van der Waals surface area contributed by atoms with Crippen LogP contribution in [0.25, 0.3) is 0 Å². The first-order valence-electron chi connectivity index (χ1n) is 6.62. The number of hydrogen-bond donors (Lipinski definition) is 0. The van der Waals surface area contributed by atoms with Gasteiger partial charge < -0.3 is 4.74 Å². The molecule has 0 aromatic heterocycles. The van der Waals surface area contributed by atoms with E-state index in [4.69, 9.17) is 4.74 Å². The van der Waals surface area contributed by atoms with Crippen molar-refractivity contribution in [3.8, 4) is 5.75 Å². The van der Waals surface area contributed by atoms with Crippen molar-refractivity contribution < 1.29 is 13.9 Å². The number of carbonyl (C=O) groups is 1.